The topological polar surface area (TPSA) is 115 Å². The molecule has 0 radical (unpaired) electrons. The standard InChI is InChI=1S/C11H17N7O/c1-8(2-5-19)6-14-10-15-9(12)16-11(17-10)18-4-3-13-7-18/h3-4,7-8,19H,2,5-6H2,1H3,(H3,12,14,15,16,17). The van der Waals surface area contributed by atoms with Crippen LogP contribution in [0.5, 0.6) is 0 Å². The monoisotopic (exact) mass is 263 g/mol. The fourth-order valence-electron chi connectivity index (χ4n) is 1.54. The van der Waals surface area contributed by atoms with Crippen molar-refractivity contribution in [1.82, 2.24) is 24.5 Å². The zero-order valence-electron chi connectivity index (χ0n) is 10.7. The Bertz CT molecular complexity index is 514. The van der Waals surface area contributed by atoms with Crippen molar-refractivity contribution in [2.45, 2.75) is 13.3 Å². The first-order valence-electron chi connectivity index (χ1n) is 6.03. The van der Waals surface area contributed by atoms with E-state index in [0.717, 1.165) is 6.42 Å². The number of imidazole rings is 1. The summed E-state index contributed by atoms with van der Waals surface area (Å²) in [6, 6.07) is 0. The van der Waals surface area contributed by atoms with Crippen molar-refractivity contribution in [3.63, 3.8) is 0 Å². The Labute approximate surface area is 110 Å². The van der Waals surface area contributed by atoms with Crippen LogP contribution in [-0.2, 0) is 0 Å². The van der Waals surface area contributed by atoms with Crippen LogP contribution in [-0.4, -0.2) is 42.8 Å². The van der Waals surface area contributed by atoms with Gasteiger partial charge in [-0.05, 0) is 12.3 Å². The maximum Gasteiger partial charge on any atom is 0.241 e. The summed E-state index contributed by atoms with van der Waals surface area (Å²) in [4.78, 5) is 16.2. The molecular formula is C11H17N7O. The Balaban J connectivity index is 2.09. The predicted octanol–water partition coefficient (Wildman–Crippen LogP) is 0.0699. The molecule has 0 saturated heterocycles. The van der Waals surface area contributed by atoms with Crippen LogP contribution < -0.4 is 11.1 Å². The summed E-state index contributed by atoms with van der Waals surface area (Å²) in [5.41, 5.74) is 5.65. The molecule has 1 atom stereocenters. The number of nitrogens with two attached hydrogens (primary N) is 1. The number of nitrogens with zero attached hydrogens (tertiary/aromatic N) is 5. The summed E-state index contributed by atoms with van der Waals surface area (Å²) in [6.45, 7) is 2.86. The average molecular weight is 263 g/mol. The van der Waals surface area contributed by atoms with Crippen LogP contribution in [0.1, 0.15) is 13.3 Å². The third-order valence-corrected chi connectivity index (χ3v) is 2.61. The van der Waals surface area contributed by atoms with Gasteiger partial charge in [0.15, 0.2) is 0 Å². The molecule has 1 unspecified atom stereocenters. The van der Waals surface area contributed by atoms with E-state index in [-0.39, 0.29) is 12.6 Å². The van der Waals surface area contributed by atoms with Crippen molar-refractivity contribution >= 4 is 11.9 Å². The highest BCUT2D eigenvalue weighted by atomic mass is 16.3. The molecule has 8 nitrogen and oxygen atoms in total. The number of rotatable bonds is 6. The van der Waals surface area contributed by atoms with Crippen LogP contribution in [0.25, 0.3) is 5.95 Å². The van der Waals surface area contributed by atoms with Crippen molar-refractivity contribution in [3.05, 3.63) is 18.7 Å². The summed E-state index contributed by atoms with van der Waals surface area (Å²) in [5.74, 6) is 1.30. The van der Waals surface area contributed by atoms with E-state index >= 15 is 0 Å². The average Bonchev–Trinajstić information content (AvgIpc) is 2.90. The molecule has 0 aliphatic rings. The number of nitrogens with one attached hydrogen (secondary N) is 1. The lowest BCUT2D eigenvalue weighted by Crippen LogP contribution is -2.16. The van der Waals surface area contributed by atoms with Crippen molar-refractivity contribution < 1.29 is 5.11 Å². The number of aliphatic hydroxyl groups is 1. The van der Waals surface area contributed by atoms with Gasteiger partial charge in [-0.15, -0.1) is 0 Å². The molecule has 0 aliphatic carbocycles. The maximum absolute atomic E-state index is 8.85. The first kappa shape index (κ1) is 13.2. The van der Waals surface area contributed by atoms with Crippen LogP contribution >= 0.6 is 0 Å². The Morgan fingerprint density at radius 3 is 2.95 bits per heavy atom. The van der Waals surface area contributed by atoms with Crippen LogP contribution in [0.4, 0.5) is 11.9 Å². The quantitative estimate of drug-likeness (QED) is 0.675. The van der Waals surface area contributed by atoms with E-state index < -0.39 is 0 Å². The van der Waals surface area contributed by atoms with Crippen LogP contribution in [0, 0.1) is 5.92 Å². The highest BCUT2D eigenvalue weighted by Gasteiger charge is 2.07. The summed E-state index contributed by atoms with van der Waals surface area (Å²) in [7, 11) is 0. The summed E-state index contributed by atoms with van der Waals surface area (Å²) in [6.07, 6.45) is 5.68. The predicted molar refractivity (Wildman–Crippen MR) is 70.7 cm³/mol. The third kappa shape index (κ3) is 3.62. The van der Waals surface area contributed by atoms with Gasteiger partial charge in [-0.1, -0.05) is 6.92 Å². The first-order chi connectivity index (χ1) is 9.19. The molecule has 4 N–H and O–H groups in total. The van der Waals surface area contributed by atoms with Gasteiger partial charge in [0.05, 0.1) is 0 Å². The molecule has 0 bridgehead atoms. The second-order valence-electron chi connectivity index (χ2n) is 4.29. The molecule has 0 fully saturated rings. The number of hydrogen-bond donors (Lipinski definition) is 3. The lowest BCUT2D eigenvalue weighted by atomic mass is 10.1. The molecule has 0 aromatic carbocycles. The van der Waals surface area contributed by atoms with E-state index in [1.54, 1.807) is 23.3 Å². The molecule has 102 valence electrons. The van der Waals surface area contributed by atoms with Gasteiger partial charge < -0.3 is 16.2 Å². The Hall–Kier alpha value is -2.22. The van der Waals surface area contributed by atoms with Gasteiger partial charge in [-0.2, -0.15) is 15.0 Å². The largest absolute Gasteiger partial charge is 0.396 e. The van der Waals surface area contributed by atoms with Gasteiger partial charge in [0.1, 0.15) is 6.33 Å². The minimum Gasteiger partial charge on any atom is -0.396 e. The Kier molecular flexibility index (Phi) is 4.24. The summed E-state index contributed by atoms with van der Waals surface area (Å²) < 4.78 is 1.65. The van der Waals surface area contributed by atoms with E-state index in [2.05, 4.69) is 25.3 Å². The maximum atomic E-state index is 8.85. The molecule has 2 aromatic rings. The van der Waals surface area contributed by atoms with Crippen LogP contribution in [0.15, 0.2) is 18.7 Å². The molecule has 0 saturated carbocycles. The van der Waals surface area contributed by atoms with Gasteiger partial charge in [0.2, 0.25) is 17.8 Å². The zero-order chi connectivity index (χ0) is 13.7. The highest BCUT2D eigenvalue weighted by molar-refractivity contribution is 5.35. The van der Waals surface area contributed by atoms with Crippen LogP contribution in [0.3, 0.4) is 0 Å². The van der Waals surface area contributed by atoms with Gasteiger partial charge in [-0.25, -0.2) is 4.98 Å². The number of hydrogen-bond acceptors (Lipinski definition) is 7. The fraction of sp³-hybridized carbons (Fsp3) is 0.455. The van der Waals surface area contributed by atoms with E-state index in [1.807, 2.05) is 6.92 Å². The zero-order valence-corrected chi connectivity index (χ0v) is 10.7. The van der Waals surface area contributed by atoms with E-state index in [1.165, 1.54) is 0 Å². The molecule has 0 spiro atoms. The molecule has 0 amide bonds. The lowest BCUT2D eigenvalue weighted by Gasteiger charge is -2.11. The number of anilines is 2. The molecule has 0 aliphatic heterocycles. The molecule has 2 heterocycles. The van der Waals surface area contributed by atoms with Gasteiger partial charge in [0.25, 0.3) is 0 Å². The van der Waals surface area contributed by atoms with Crippen molar-refractivity contribution in [1.29, 1.82) is 0 Å². The SMILES string of the molecule is CC(CCO)CNc1nc(N)nc(-n2ccnc2)n1. The Morgan fingerprint density at radius 2 is 2.26 bits per heavy atom. The molecule has 19 heavy (non-hydrogen) atoms. The normalized spacial score (nSPS) is 12.3. The van der Waals surface area contributed by atoms with Crippen molar-refractivity contribution in [2.75, 3.05) is 24.2 Å². The van der Waals surface area contributed by atoms with E-state index in [4.69, 9.17) is 10.8 Å². The fourth-order valence-corrected chi connectivity index (χ4v) is 1.54. The molecule has 8 heteroatoms. The second-order valence-corrected chi connectivity index (χ2v) is 4.29. The first-order valence-corrected chi connectivity index (χ1v) is 6.03. The van der Waals surface area contributed by atoms with Crippen molar-refractivity contribution in [2.24, 2.45) is 5.92 Å². The van der Waals surface area contributed by atoms with Gasteiger partial charge in [-0.3, -0.25) is 4.57 Å². The highest BCUT2D eigenvalue weighted by Crippen LogP contribution is 2.08. The minimum atomic E-state index is 0.149. The third-order valence-electron chi connectivity index (χ3n) is 2.61. The van der Waals surface area contributed by atoms with E-state index in [9.17, 15) is 0 Å². The molecule has 2 aromatic heterocycles. The molecular weight excluding hydrogens is 246 g/mol. The van der Waals surface area contributed by atoms with Crippen LogP contribution in [0.2, 0.25) is 0 Å². The van der Waals surface area contributed by atoms with Gasteiger partial charge >= 0.3 is 0 Å². The molecule has 2 rings (SSSR count). The van der Waals surface area contributed by atoms with Crippen molar-refractivity contribution in [3.8, 4) is 5.95 Å². The van der Waals surface area contributed by atoms with E-state index in [0.29, 0.717) is 24.4 Å². The Morgan fingerprint density at radius 1 is 1.42 bits per heavy atom. The minimum absolute atomic E-state index is 0.149. The summed E-state index contributed by atoms with van der Waals surface area (Å²) >= 11 is 0. The number of nitrogen functional groups attached to an aromatic ring is 1. The number of aromatic nitrogens is 5. The lowest BCUT2D eigenvalue weighted by molar-refractivity contribution is 0.265. The van der Waals surface area contributed by atoms with Gasteiger partial charge in [0, 0.05) is 25.5 Å². The number of aliphatic hydroxyl groups excluding tert-OH is 1. The smallest absolute Gasteiger partial charge is 0.241 e. The second kappa shape index (κ2) is 6.10. The summed E-state index contributed by atoms with van der Waals surface area (Å²) in [5, 5.41) is 11.9.